The predicted molar refractivity (Wildman–Crippen MR) is 108 cm³/mol. The average molecular weight is 423 g/mol. The number of fused-ring (bicyclic) bond motifs is 1. The fraction of sp³-hybridized carbons (Fsp3) is 0.364. The van der Waals surface area contributed by atoms with Crippen molar-refractivity contribution in [2.45, 2.75) is 25.0 Å². The van der Waals surface area contributed by atoms with Crippen LogP contribution in [0.1, 0.15) is 23.3 Å². The van der Waals surface area contributed by atoms with Gasteiger partial charge in [-0.25, -0.2) is 9.37 Å². The van der Waals surface area contributed by atoms with Gasteiger partial charge in [0.05, 0.1) is 6.10 Å². The lowest BCUT2D eigenvalue weighted by Gasteiger charge is -2.35. The van der Waals surface area contributed by atoms with Crippen molar-refractivity contribution in [3.05, 3.63) is 66.6 Å². The minimum Gasteiger partial charge on any atom is -0.488 e. The Kier molecular flexibility index (Phi) is 5.11. The molecular formula is C22H22FN5O3. The maximum Gasteiger partial charge on any atom is 0.272 e. The zero-order chi connectivity index (χ0) is 21.4. The van der Waals surface area contributed by atoms with Crippen LogP contribution in [0.25, 0.3) is 5.82 Å². The van der Waals surface area contributed by atoms with Gasteiger partial charge in [0.2, 0.25) is 0 Å². The molecule has 2 aromatic heterocycles. The van der Waals surface area contributed by atoms with E-state index >= 15 is 0 Å². The number of ether oxygens (including phenoxy) is 1. The topological polar surface area (TPSA) is 93.4 Å². The number of nitrogens with zero attached hydrogens (tertiary/aromatic N) is 5. The second-order valence-electron chi connectivity index (χ2n) is 8.13. The molecule has 1 saturated carbocycles. The van der Waals surface area contributed by atoms with Crippen molar-refractivity contribution in [1.82, 2.24) is 24.6 Å². The molecule has 2 fully saturated rings. The van der Waals surface area contributed by atoms with Crippen molar-refractivity contribution >= 4 is 5.91 Å². The maximum atomic E-state index is 13.1. The van der Waals surface area contributed by atoms with Crippen LogP contribution < -0.4 is 4.74 Å². The van der Waals surface area contributed by atoms with Gasteiger partial charge in [0.15, 0.2) is 0 Å². The molecule has 1 aromatic carbocycles. The number of likely N-dealkylation sites (tertiary alicyclic amines) is 1. The van der Waals surface area contributed by atoms with Gasteiger partial charge in [0.25, 0.3) is 5.91 Å². The molecule has 3 aromatic rings. The lowest BCUT2D eigenvalue weighted by atomic mass is 9.78. The van der Waals surface area contributed by atoms with E-state index in [-0.39, 0.29) is 29.7 Å². The van der Waals surface area contributed by atoms with Gasteiger partial charge in [-0.05, 0) is 61.1 Å². The summed E-state index contributed by atoms with van der Waals surface area (Å²) < 4.78 is 20.7. The number of halogens is 1. The van der Waals surface area contributed by atoms with E-state index in [1.165, 1.54) is 24.8 Å². The summed E-state index contributed by atoms with van der Waals surface area (Å²) in [5, 5.41) is 18.1. The van der Waals surface area contributed by atoms with E-state index in [2.05, 4.69) is 15.2 Å². The van der Waals surface area contributed by atoms with E-state index in [0.29, 0.717) is 43.2 Å². The van der Waals surface area contributed by atoms with Gasteiger partial charge in [0.1, 0.15) is 41.8 Å². The number of aliphatic hydroxyl groups is 1. The predicted octanol–water partition coefficient (Wildman–Crippen LogP) is 2.09. The fourth-order valence-corrected chi connectivity index (χ4v) is 4.54. The number of aromatic nitrogens is 4. The number of rotatable bonds is 4. The maximum absolute atomic E-state index is 13.1. The Morgan fingerprint density at radius 1 is 1.03 bits per heavy atom. The summed E-state index contributed by atoms with van der Waals surface area (Å²) in [7, 11) is 0. The molecule has 1 N–H and O–H groups in total. The smallest absolute Gasteiger partial charge is 0.272 e. The molecule has 31 heavy (non-hydrogen) atoms. The number of carbonyl (C=O) groups is 1. The fourth-order valence-electron chi connectivity index (χ4n) is 4.54. The number of aliphatic hydroxyl groups excluding tert-OH is 1. The number of carbonyl (C=O) groups excluding carboxylic acids is 1. The van der Waals surface area contributed by atoms with Crippen LogP contribution in [0.4, 0.5) is 4.39 Å². The zero-order valence-electron chi connectivity index (χ0n) is 16.7. The van der Waals surface area contributed by atoms with E-state index in [4.69, 9.17) is 4.74 Å². The Labute approximate surface area is 178 Å². The third-order valence-corrected chi connectivity index (χ3v) is 6.11. The largest absolute Gasteiger partial charge is 0.488 e. The summed E-state index contributed by atoms with van der Waals surface area (Å²) in [5.74, 6) is 1.10. The molecule has 8 nitrogen and oxygen atoms in total. The minimum absolute atomic E-state index is 0.130. The van der Waals surface area contributed by atoms with Crippen LogP contribution in [-0.4, -0.2) is 61.0 Å². The molecule has 1 aliphatic carbocycles. The molecule has 5 rings (SSSR count). The summed E-state index contributed by atoms with van der Waals surface area (Å²) >= 11 is 0. The number of pyridine rings is 1. The van der Waals surface area contributed by atoms with Gasteiger partial charge in [-0.2, -0.15) is 0 Å². The van der Waals surface area contributed by atoms with Gasteiger partial charge < -0.3 is 14.7 Å². The molecule has 0 bridgehead atoms. The lowest BCUT2D eigenvalue weighted by Crippen LogP contribution is -2.42. The second-order valence-corrected chi connectivity index (χ2v) is 8.13. The molecule has 0 spiro atoms. The van der Waals surface area contributed by atoms with Crippen LogP contribution >= 0.6 is 0 Å². The quantitative estimate of drug-likeness (QED) is 0.691. The molecule has 1 aliphatic heterocycles. The molecular weight excluding hydrogens is 401 g/mol. The van der Waals surface area contributed by atoms with Crippen LogP contribution in [-0.2, 0) is 0 Å². The Balaban J connectivity index is 1.26. The minimum atomic E-state index is -0.628. The Hall–Kier alpha value is -3.33. The van der Waals surface area contributed by atoms with Crippen molar-refractivity contribution in [2.75, 3.05) is 13.1 Å². The van der Waals surface area contributed by atoms with Crippen molar-refractivity contribution in [3.63, 3.8) is 0 Å². The molecule has 0 radical (unpaired) electrons. The van der Waals surface area contributed by atoms with Gasteiger partial charge >= 0.3 is 0 Å². The molecule has 1 saturated heterocycles. The first kappa shape index (κ1) is 19.6. The van der Waals surface area contributed by atoms with Crippen molar-refractivity contribution in [2.24, 2.45) is 11.8 Å². The number of hydrogen-bond donors (Lipinski definition) is 1. The number of amides is 1. The standard InChI is InChI=1S/C22H22FN5O3/c23-16-4-6-17(7-5-16)31-20-9-15-11-27(10-14(15)8-19(20)29)22(30)18-2-1-3-21(26-18)28-12-24-25-13-28/h1-7,12-15,19-20,29H,8-11H2/t14-,15+,19+,20+/m0/s1. The third kappa shape index (κ3) is 4.00. The van der Waals surface area contributed by atoms with Crippen LogP contribution in [0.2, 0.25) is 0 Å². The van der Waals surface area contributed by atoms with Gasteiger partial charge in [-0.15, -0.1) is 10.2 Å². The lowest BCUT2D eigenvalue weighted by molar-refractivity contribution is -0.0231. The highest BCUT2D eigenvalue weighted by Crippen LogP contribution is 2.38. The summed E-state index contributed by atoms with van der Waals surface area (Å²) in [6.07, 6.45) is 3.26. The van der Waals surface area contributed by atoms with E-state index < -0.39 is 6.10 Å². The van der Waals surface area contributed by atoms with Crippen LogP contribution in [0.15, 0.2) is 55.1 Å². The zero-order valence-corrected chi connectivity index (χ0v) is 16.7. The molecule has 160 valence electrons. The Morgan fingerprint density at radius 2 is 1.74 bits per heavy atom. The normalized spacial score (nSPS) is 25.3. The highest BCUT2D eigenvalue weighted by atomic mass is 19.1. The first-order valence-corrected chi connectivity index (χ1v) is 10.3. The van der Waals surface area contributed by atoms with E-state index in [0.717, 1.165) is 0 Å². The van der Waals surface area contributed by atoms with Crippen LogP contribution in [0, 0.1) is 17.7 Å². The first-order valence-electron chi connectivity index (χ1n) is 10.3. The summed E-state index contributed by atoms with van der Waals surface area (Å²) in [5.41, 5.74) is 0.365. The molecule has 3 heterocycles. The number of hydrogen-bond acceptors (Lipinski definition) is 6. The van der Waals surface area contributed by atoms with Crippen molar-refractivity contribution in [3.8, 4) is 11.6 Å². The molecule has 4 atom stereocenters. The second kappa shape index (κ2) is 8.07. The van der Waals surface area contributed by atoms with Crippen LogP contribution in [0.3, 0.4) is 0 Å². The van der Waals surface area contributed by atoms with Gasteiger partial charge in [-0.3, -0.25) is 9.36 Å². The van der Waals surface area contributed by atoms with Crippen LogP contribution in [0.5, 0.6) is 5.75 Å². The van der Waals surface area contributed by atoms with Crippen molar-refractivity contribution in [1.29, 1.82) is 0 Å². The molecule has 0 unspecified atom stereocenters. The molecule has 9 heteroatoms. The highest BCUT2D eigenvalue weighted by Gasteiger charge is 2.44. The number of benzene rings is 1. The summed E-state index contributed by atoms with van der Waals surface area (Å²) in [6.45, 7) is 1.18. The van der Waals surface area contributed by atoms with Gasteiger partial charge in [0, 0.05) is 13.1 Å². The van der Waals surface area contributed by atoms with Gasteiger partial charge in [-0.1, -0.05) is 6.07 Å². The van der Waals surface area contributed by atoms with E-state index in [1.54, 1.807) is 39.8 Å². The average Bonchev–Trinajstić information content (AvgIpc) is 3.45. The molecule has 2 aliphatic rings. The Bertz CT molecular complexity index is 1060. The highest BCUT2D eigenvalue weighted by molar-refractivity contribution is 5.92. The third-order valence-electron chi connectivity index (χ3n) is 6.11. The van der Waals surface area contributed by atoms with Crippen molar-refractivity contribution < 1.29 is 19.0 Å². The summed E-state index contributed by atoms with van der Waals surface area (Å²) in [4.78, 5) is 19.4. The Morgan fingerprint density at radius 3 is 2.48 bits per heavy atom. The van der Waals surface area contributed by atoms with E-state index in [9.17, 15) is 14.3 Å². The monoisotopic (exact) mass is 423 g/mol. The summed E-state index contributed by atoms with van der Waals surface area (Å²) in [6, 6.07) is 11.1. The van der Waals surface area contributed by atoms with E-state index in [1.807, 2.05) is 0 Å². The first-order chi connectivity index (χ1) is 15.1. The molecule has 1 amide bonds. The SMILES string of the molecule is O=C(c1cccc(-n2cnnc2)n1)N1C[C@H]2C[C@@H](Oc3ccc(F)cc3)[C@H](O)C[C@H]2C1.